The molecular formula is C3H13ClSi3. The van der Waals surface area contributed by atoms with E-state index < -0.39 is 0 Å². The molecule has 0 saturated heterocycles. The summed E-state index contributed by atoms with van der Waals surface area (Å²) < 4.78 is 0. The van der Waals surface area contributed by atoms with Crippen LogP contribution in [0.1, 0.15) is 13.3 Å². The molecule has 0 spiro atoms. The van der Waals surface area contributed by atoms with Crippen LogP contribution in [-0.2, 0) is 0 Å². The Morgan fingerprint density at radius 2 is 2.43 bits per heavy atom. The smallest absolute Gasteiger partial charge is 0.0267 e. The van der Waals surface area contributed by atoms with Gasteiger partial charge in [0.1, 0.15) is 0 Å². The SMILES string of the molecule is CCC(Cl)[SiH2][SiH2][SiH3]. The molecule has 0 nitrogen and oxygen atoms in total. The Hall–Kier alpha value is 0.941. The van der Waals surface area contributed by atoms with Gasteiger partial charge in [-0.2, -0.15) is 0 Å². The van der Waals surface area contributed by atoms with Gasteiger partial charge in [0, 0.05) is 14.0 Å². The van der Waals surface area contributed by atoms with Crippen LogP contribution in [0, 0.1) is 0 Å². The van der Waals surface area contributed by atoms with Crippen molar-refractivity contribution in [2.45, 2.75) is 18.3 Å². The van der Waals surface area contributed by atoms with E-state index in [4.69, 9.17) is 11.6 Å². The maximum absolute atomic E-state index is 5.88. The molecule has 0 aromatic rings. The first-order valence-corrected chi connectivity index (χ1v) is 13.9. The van der Waals surface area contributed by atoms with E-state index in [1.807, 2.05) is 0 Å². The molecule has 0 bridgehead atoms. The fraction of sp³-hybridized carbons (Fsp3) is 1.00. The summed E-state index contributed by atoms with van der Waals surface area (Å²) >= 11 is 5.88. The molecule has 0 rings (SSSR count). The van der Waals surface area contributed by atoms with Crippen molar-refractivity contribution in [3.8, 4) is 0 Å². The van der Waals surface area contributed by atoms with Crippen molar-refractivity contribution in [3.05, 3.63) is 0 Å². The van der Waals surface area contributed by atoms with Gasteiger partial charge < -0.3 is 0 Å². The first-order valence-electron chi connectivity index (χ1n) is 2.95. The second-order valence-electron chi connectivity index (χ2n) is 1.79. The molecule has 4 heteroatoms. The Morgan fingerprint density at radius 3 is 2.57 bits per heavy atom. The van der Waals surface area contributed by atoms with E-state index in [2.05, 4.69) is 6.92 Å². The van der Waals surface area contributed by atoms with E-state index in [9.17, 15) is 0 Å². The van der Waals surface area contributed by atoms with Crippen molar-refractivity contribution in [1.82, 2.24) is 0 Å². The Kier molecular flexibility index (Phi) is 5.77. The second-order valence-corrected chi connectivity index (χ2v) is 19.2. The van der Waals surface area contributed by atoms with Crippen LogP contribution in [0.5, 0.6) is 0 Å². The molecule has 1 atom stereocenters. The number of halogens is 1. The first-order chi connectivity index (χ1) is 3.31. The van der Waals surface area contributed by atoms with Gasteiger partial charge in [-0.15, -0.1) is 11.6 Å². The van der Waals surface area contributed by atoms with Crippen LogP contribution in [-0.4, -0.2) is 32.4 Å². The van der Waals surface area contributed by atoms with E-state index in [0.717, 1.165) is 0 Å². The molecule has 0 fully saturated rings. The zero-order valence-electron chi connectivity index (χ0n) is 5.08. The summed E-state index contributed by atoms with van der Waals surface area (Å²) in [6.45, 7) is 2.19. The average molecular weight is 169 g/mol. The van der Waals surface area contributed by atoms with Crippen LogP contribution >= 0.6 is 11.6 Å². The molecule has 44 valence electrons. The van der Waals surface area contributed by atoms with Gasteiger partial charge in [-0.25, -0.2) is 0 Å². The molecule has 0 aliphatic heterocycles. The van der Waals surface area contributed by atoms with Gasteiger partial charge >= 0.3 is 0 Å². The van der Waals surface area contributed by atoms with E-state index >= 15 is 0 Å². The highest BCUT2D eigenvalue weighted by atomic mass is 35.5. The lowest BCUT2D eigenvalue weighted by Gasteiger charge is -1.98. The Bertz CT molecular complexity index is 41.2. The van der Waals surface area contributed by atoms with Crippen LogP contribution < -0.4 is 0 Å². The number of alkyl halides is 1. The van der Waals surface area contributed by atoms with Gasteiger partial charge in [0.05, 0.1) is 0 Å². The summed E-state index contributed by atoms with van der Waals surface area (Å²) in [6, 6.07) is 0. The molecule has 0 radical (unpaired) electrons. The molecule has 0 aliphatic rings. The third kappa shape index (κ3) is 4.80. The molecule has 0 saturated carbocycles. The van der Waals surface area contributed by atoms with Crippen molar-refractivity contribution in [2.75, 3.05) is 0 Å². The predicted octanol–water partition coefficient (Wildman–Crippen LogP) is -1.51. The molecule has 0 aliphatic carbocycles. The number of hydrogen-bond donors (Lipinski definition) is 0. The highest BCUT2D eigenvalue weighted by Crippen LogP contribution is 1.95. The van der Waals surface area contributed by atoms with Gasteiger partial charge in [0.2, 0.25) is 0 Å². The van der Waals surface area contributed by atoms with Crippen molar-refractivity contribution in [3.63, 3.8) is 0 Å². The molecule has 0 aromatic carbocycles. The number of rotatable bonds is 3. The molecule has 0 amide bonds. The highest BCUT2D eigenvalue weighted by Gasteiger charge is 1.96. The zero-order chi connectivity index (χ0) is 5.70. The minimum atomic E-state index is 0.312. The van der Waals surface area contributed by atoms with Gasteiger partial charge in [-0.3, -0.25) is 0 Å². The van der Waals surface area contributed by atoms with Crippen LogP contribution in [0.25, 0.3) is 0 Å². The van der Waals surface area contributed by atoms with Crippen LogP contribution in [0.15, 0.2) is 0 Å². The van der Waals surface area contributed by atoms with Gasteiger partial charge in [0.15, 0.2) is 0 Å². The van der Waals surface area contributed by atoms with Crippen LogP contribution in [0.2, 0.25) is 0 Å². The standard InChI is InChI=1S/C3H13ClSi3/c1-2-3(4)6-7-5/h3H,2,6-7H2,1,5H3. The quantitative estimate of drug-likeness (QED) is 0.356. The maximum Gasteiger partial charge on any atom is 0.0267 e. The molecule has 0 heterocycles. The molecule has 0 N–H and O–H groups in total. The molecular weight excluding hydrogens is 156 g/mol. The van der Waals surface area contributed by atoms with E-state index in [-0.39, 0.29) is 0 Å². The first kappa shape index (κ1) is 7.94. The fourth-order valence-electron chi connectivity index (χ4n) is 0.517. The van der Waals surface area contributed by atoms with E-state index in [1.165, 1.54) is 16.2 Å². The minimum Gasteiger partial charge on any atom is -0.128 e. The highest BCUT2D eigenvalue weighted by molar-refractivity contribution is 7.25. The van der Waals surface area contributed by atoms with Gasteiger partial charge in [0.25, 0.3) is 0 Å². The van der Waals surface area contributed by atoms with Crippen LogP contribution in [0.3, 0.4) is 0 Å². The Morgan fingerprint density at radius 1 is 1.86 bits per heavy atom. The van der Waals surface area contributed by atoms with Crippen molar-refractivity contribution >= 4 is 39.0 Å². The van der Waals surface area contributed by atoms with E-state index in [0.29, 0.717) is 22.6 Å². The lowest BCUT2D eigenvalue weighted by atomic mass is 10.6. The molecule has 1 unspecified atom stereocenters. The largest absolute Gasteiger partial charge is 0.128 e. The van der Waals surface area contributed by atoms with Crippen molar-refractivity contribution in [1.29, 1.82) is 0 Å². The van der Waals surface area contributed by atoms with E-state index in [1.54, 1.807) is 0 Å². The summed E-state index contributed by atoms with van der Waals surface area (Å²) in [5.41, 5.74) is 0. The Labute approximate surface area is 57.7 Å². The third-order valence-corrected chi connectivity index (χ3v) is 13.9. The molecule has 7 heavy (non-hydrogen) atoms. The average Bonchev–Trinajstić information content (AvgIpc) is 1.68. The topological polar surface area (TPSA) is 0 Å². The van der Waals surface area contributed by atoms with Crippen LogP contribution in [0.4, 0.5) is 0 Å². The summed E-state index contributed by atoms with van der Waals surface area (Å²) in [7, 11) is 2.32. The fourth-order valence-corrected chi connectivity index (χ4v) is 16.2. The second kappa shape index (κ2) is 5.08. The normalized spacial score (nSPS) is 18.0. The van der Waals surface area contributed by atoms with Gasteiger partial charge in [-0.05, 0) is 24.7 Å². The minimum absolute atomic E-state index is 0.312. The predicted molar refractivity (Wildman–Crippen MR) is 47.0 cm³/mol. The summed E-state index contributed by atoms with van der Waals surface area (Å²) in [5, 5.41) is 0.657. The Balaban J connectivity index is 2.83. The molecule has 0 aromatic heterocycles. The van der Waals surface area contributed by atoms with Crippen molar-refractivity contribution in [2.24, 2.45) is 0 Å². The van der Waals surface area contributed by atoms with Gasteiger partial charge in [-0.1, -0.05) is 6.92 Å². The lowest BCUT2D eigenvalue weighted by molar-refractivity contribution is 1.03. The monoisotopic (exact) mass is 168 g/mol. The van der Waals surface area contributed by atoms with Crippen molar-refractivity contribution < 1.29 is 0 Å². The lowest BCUT2D eigenvalue weighted by Crippen LogP contribution is -2.15. The number of hydrogen-bond acceptors (Lipinski definition) is 0. The summed E-state index contributed by atoms with van der Waals surface area (Å²) in [4.78, 5) is 0. The summed E-state index contributed by atoms with van der Waals surface area (Å²) in [6.07, 6.45) is 1.23. The summed E-state index contributed by atoms with van der Waals surface area (Å²) in [5.74, 6) is 0. The third-order valence-electron chi connectivity index (χ3n) is 1.04. The zero-order valence-corrected chi connectivity index (χ0v) is 10.7. The maximum atomic E-state index is 5.88.